The van der Waals surface area contributed by atoms with Gasteiger partial charge in [-0.1, -0.05) is 274 Å². The van der Waals surface area contributed by atoms with E-state index >= 15 is 0 Å². The summed E-state index contributed by atoms with van der Waals surface area (Å²) in [4.78, 5) is 72.4. The lowest BCUT2D eigenvalue weighted by Crippen LogP contribution is -2.30. The predicted molar refractivity (Wildman–Crippen MR) is 344 cm³/mol. The standard InChI is InChI=1S/C67H130O17P2/c1-9-59(7)45-37-29-21-17-18-22-31-39-47-64(69)77-53-62(83-66(71)49-41-33-23-15-11-13-19-27-35-43-57(3)4)55-81-85(73,74)79-51-61(68)52-80-86(75,76)82-56-63(54-78-65(70)48-40-32-26-25-30-38-46-60(8)10-2)84-67(72)50-42-34-24-16-12-14-20-28-36-44-58(5)6/h57-63,68H,9-56H2,1-8H3,(H,73,74)(H,75,76)/t59?,60?,61-,62-,63-/m1/s1. The highest BCUT2D eigenvalue weighted by molar-refractivity contribution is 7.47. The minimum atomic E-state index is -4.95. The van der Waals surface area contributed by atoms with Gasteiger partial charge in [-0.25, -0.2) is 9.13 Å². The Morgan fingerprint density at radius 1 is 0.326 bits per heavy atom. The molecule has 0 spiro atoms. The first kappa shape index (κ1) is 84.1. The summed E-state index contributed by atoms with van der Waals surface area (Å²) in [5, 5.41) is 10.6. The second-order valence-electron chi connectivity index (χ2n) is 25.6. The van der Waals surface area contributed by atoms with Crippen molar-refractivity contribution < 1.29 is 80.2 Å². The fourth-order valence-electron chi connectivity index (χ4n) is 9.89. The van der Waals surface area contributed by atoms with Crippen LogP contribution in [0.5, 0.6) is 0 Å². The van der Waals surface area contributed by atoms with Crippen LogP contribution in [0.4, 0.5) is 0 Å². The van der Waals surface area contributed by atoms with Crippen LogP contribution >= 0.6 is 15.6 Å². The van der Waals surface area contributed by atoms with Crippen molar-refractivity contribution in [2.45, 2.75) is 343 Å². The lowest BCUT2D eigenvalue weighted by molar-refractivity contribution is -0.161. The lowest BCUT2D eigenvalue weighted by Gasteiger charge is -2.21. The molecular formula is C67H130O17P2. The summed E-state index contributed by atoms with van der Waals surface area (Å²) in [6.07, 6.45) is 37.5. The van der Waals surface area contributed by atoms with E-state index in [0.29, 0.717) is 25.7 Å². The zero-order chi connectivity index (χ0) is 63.9. The van der Waals surface area contributed by atoms with Crippen LogP contribution in [0.15, 0.2) is 0 Å². The average Bonchev–Trinajstić information content (AvgIpc) is 3.68. The Bertz CT molecular complexity index is 1720. The third kappa shape index (κ3) is 58.4. The summed E-state index contributed by atoms with van der Waals surface area (Å²) in [6, 6.07) is 0. The molecule has 0 aliphatic rings. The maximum atomic E-state index is 13.0. The highest BCUT2D eigenvalue weighted by atomic mass is 31.2. The molecule has 0 saturated heterocycles. The van der Waals surface area contributed by atoms with Crippen LogP contribution in [0.3, 0.4) is 0 Å². The second-order valence-corrected chi connectivity index (χ2v) is 28.6. The van der Waals surface area contributed by atoms with Crippen LogP contribution in [0.1, 0.15) is 325 Å². The molecular weight excluding hydrogens is 1140 g/mol. The van der Waals surface area contributed by atoms with Crippen molar-refractivity contribution in [3.8, 4) is 0 Å². The molecule has 19 heteroatoms. The van der Waals surface area contributed by atoms with Gasteiger partial charge in [-0.3, -0.25) is 37.3 Å². The molecule has 0 amide bonds. The van der Waals surface area contributed by atoms with Crippen molar-refractivity contribution in [1.82, 2.24) is 0 Å². The van der Waals surface area contributed by atoms with E-state index in [4.69, 9.17) is 37.0 Å². The summed E-state index contributed by atoms with van der Waals surface area (Å²) < 4.78 is 68.1. The molecule has 0 aromatic heterocycles. The van der Waals surface area contributed by atoms with Crippen molar-refractivity contribution in [2.75, 3.05) is 39.6 Å². The van der Waals surface area contributed by atoms with Crippen LogP contribution in [-0.2, 0) is 65.4 Å². The molecule has 0 saturated carbocycles. The number of phosphoric ester groups is 2. The Labute approximate surface area is 524 Å². The van der Waals surface area contributed by atoms with E-state index in [1.54, 1.807) is 0 Å². The number of unbranched alkanes of at least 4 members (excludes halogenated alkanes) is 28. The van der Waals surface area contributed by atoms with Gasteiger partial charge < -0.3 is 33.8 Å². The van der Waals surface area contributed by atoms with Crippen LogP contribution < -0.4 is 0 Å². The van der Waals surface area contributed by atoms with Gasteiger partial charge in [0.1, 0.15) is 19.3 Å². The number of aliphatic hydroxyl groups excluding tert-OH is 1. The number of esters is 4. The minimum Gasteiger partial charge on any atom is -0.462 e. The molecule has 0 aliphatic carbocycles. The molecule has 4 unspecified atom stereocenters. The fourth-order valence-corrected chi connectivity index (χ4v) is 11.5. The largest absolute Gasteiger partial charge is 0.472 e. The minimum absolute atomic E-state index is 0.104. The van der Waals surface area contributed by atoms with Gasteiger partial charge in [0.05, 0.1) is 26.4 Å². The second kappa shape index (κ2) is 57.0. The number of hydrogen-bond acceptors (Lipinski definition) is 15. The first-order chi connectivity index (χ1) is 41.2. The molecule has 86 heavy (non-hydrogen) atoms. The summed E-state index contributed by atoms with van der Waals surface area (Å²) in [5.41, 5.74) is 0. The summed E-state index contributed by atoms with van der Waals surface area (Å²) in [5.74, 6) is 0.846. The van der Waals surface area contributed by atoms with E-state index < -0.39 is 97.5 Å². The van der Waals surface area contributed by atoms with Crippen LogP contribution in [-0.4, -0.2) is 96.7 Å². The van der Waals surface area contributed by atoms with E-state index in [-0.39, 0.29) is 25.7 Å². The van der Waals surface area contributed by atoms with Crippen LogP contribution in [0.2, 0.25) is 0 Å². The lowest BCUT2D eigenvalue weighted by atomic mass is 9.99. The molecule has 0 heterocycles. The highest BCUT2D eigenvalue weighted by Gasteiger charge is 2.30. The monoisotopic (exact) mass is 1270 g/mol. The van der Waals surface area contributed by atoms with Crippen LogP contribution in [0, 0.1) is 23.7 Å². The number of carbonyl (C=O) groups excluding carboxylic acids is 4. The number of rotatable bonds is 64. The van der Waals surface area contributed by atoms with E-state index in [0.717, 1.165) is 120 Å². The third-order valence-corrected chi connectivity index (χ3v) is 17.9. The van der Waals surface area contributed by atoms with Gasteiger partial charge in [0, 0.05) is 25.7 Å². The van der Waals surface area contributed by atoms with E-state index in [2.05, 4.69) is 55.4 Å². The molecule has 0 rings (SSSR count). The third-order valence-electron chi connectivity index (χ3n) is 16.0. The fraction of sp³-hybridized carbons (Fsp3) is 0.940. The van der Waals surface area contributed by atoms with E-state index in [1.165, 1.54) is 122 Å². The number of ether oxygens (including phenoxy) is 4. The number of phosphoric acid groups is 2. The van der Waals surface area contributed by atoms with Crippen LogP contribution in [0.25, 0.3) is 0 Å². The van der Waals surface area contributed by atoms with Crippen molar-refractivity contribution in [3.63, 3.8) is 0 Å². The number of aliphatic hydroxyl groups is 1. The molecule has 7 atom stereocenters. The normalized spacial score (nSPS) is 15.0. The van der Waals surface area contributed by atoms with Gasteiger partial charge in [-0.15, -0.1) is 0 Å². The maximum absolute atomic E-state index is 13.0. The maximum Gasteiger partial charge on any atom is 0.472 e. The van der Waals surface area contributed by atoms with Gasteiger partial charge in [-0.05, 0) is 49.4 Å². The summed E-state index contributed by atoms with van der Waals surface area (Å²) >= 11 is 0. The molecule has 17 nitrogen and oxygen atoms in total. The molecule has 0 radical (unpaired) electrons. The topological polar surface area (TPSA) is 237 Å². The van der Waals surface area contributed by atoms with Crippen molar-refractivity contribution in [3.05, 3.63) is 0 Å². The van der Waals surface area contributed by atoms with Crippen molar-refractivity contribution >= 4 is 39.5 Å². The molecule has 510 valence electrons. The first-order valence-electron chi connectivity index (χ1n) is 34.8. The number of carbonyl (C=O) groups is 4. The molecule has 0 bridgehead atoms. The molecule has 0 aromatic rings. The SMILES string of the molecule is CCC(C)CCCCCCCCCCC(=O)OC[C@H](COP(=O)(O)OC[C@@H](O)COP(=O)(O)OC[C@@H](COC(=O)CCCCCCCCC(C)CC)OC(=O)CCCCCCCCCCCC(C)C)OC(=O)CCCCCCCCCCCC(C)C. The first-order valence-corrected chi connectivity index (χ1v) is 37.8. The quantitative estimate of drug-likeness (QED) is 0.0222. The Kier molecular flexibility index (Phi) is 55.7. The van der Waals surface area contributed by atoms with Crippen molar-refractivity contribution in [1.29, 1.82) is 0 Å². The zero-order valence-corrected chi connectivity index (χ0v) is 57.7. The summed E-state index contributed by atoms with van der Waals surface area (Å²) in [7, 11) is -9.90. The van der Waals surface area contributed by atoms with Gasteiger partial charge in [-0.2, -0.15) is 0 Å². The Hall–Kier alpha value is -1.94. The predicted octanol–water partition coefficient (Wildman–Crippen LogP) is 18.5. The molecule has 0 aromatic carbocycles. The van der Waals surface area contributed by atoms with Crippen molar-refractivity contribution in [2.24, 2.45) is 23.7 Å². The van der Waals surface area contributed by atoms with E-state index in [1.807, 2.05) is 0 Å². The van der Waals surface area contributed by atoms with Gasteiger partial charge in [0.25, 0.3) is 0 Å². The average molecular weight is 1270 g/mol. The zero-order valence-electron chi connectivity index (χ0n) is 55.9. The Morgan fingerprint density at radius 2 is 0.558 bits per heavy atom. The van der Waals surface area contributed by atoms with Gasteiger partial charge in [0.2, 0.25) is 0 Å². The van der Waals surface area contributed by atoms with Gasteiger partial charge >= 0.3 is 39.5 Å². The van der Waals surface area contributed by atoms with E-state index in [9.17, 15) is 43.2 Å². The van der Waals surface area contributed by atoms with Gasteiger partial charge in [0.15, 0.2) is 12.2 Å². The Morgan fingerprint density at radius 3 is 0.826 bits per heavy atom. The Balaban J connectivity index is 5.27. The summed E-state index contributed by atoms with van der Waals surface area (Å²) in [6.45, 7) is 14.0. The molecule has 0 aliphatic heterocycles. The highest BCUT2D eigenvalue weighted by Crippen LogP contribution is 2.45. The number of hydrogen-bond donors (Lipinski definition) is 3. The molecule has 3 N–H and O–H groups in total. The molecule has 0 fully saturated rings. The smallest absolute Gasteiger partial charge is 0.462 e.